The van der Waals surface area contributed by atoms with Crippen LogP contribution in [0.25, 0.3) is 0 Å². The first kappa shape index (κ1) is 26.8. The van der Waals surface area contributed by atoms with Gasteiger partial charge in [0.15, 0.2) is 0 Å². The third-order valence-corrected chi connectivity index (χ3v) is 8.73. The van der Waals surface area contributed by atoms with Crippen LogP contribution in [0.2, 0.25) is 0 Å². The van der Waals surface area contributed by atoms with Crippen LogP contribution in [0.4, 0.5) is 5.69 Å². The van der Waals surface area contributed by atoms with Crippen molar-refractivity contribution in [3.05, 3.63) is 113 Å². The summed E-state index contributed by atoms with van der Waals surface area (Å²) in [6.45, 7) is 3.83. The minimum Gasteiger partial charge on any atom is -0.465 e. The number of anilines is 1. The van der Waals surface area contributed by atoms with Crippen LogP contribution in [0.5, 0.6) is 0 Å². The molecule has 0 fully saturated rings. The van der Waals surface area contributed by atoms with Gasteiger partial charge in [0.05, 0.1) is 29.7 Å². The van der Waals surface area contributed by atoms with Gasteiger partial charge >= 0.3 is 5.97 Å². The van der Waals surface area contributed by atoms with E-state index in [4.69, 9.17) is 4.74 Å². The van der Waals surface area contributed by atoms with Crippen LogP contribution in [-0.2, 0) is 15.3 Å². The van der Waals surface area contributed by atoms with Crippen molar-refractivity contribution in [3.8, 4) is 0 Å². The van der Waals surface area contributed by atoms with Crippen LogP contribution < -0.4 is 10.7 Å². The molecule has 0 aromatic heterocycles. The number of esters is 1. The van der Waals surface area contributed by atoms with Crippen molar-refractivity contribution in [2.24, 2.45) is 11.0 Å². The van der Waals surface area contributed by atoms with E-state index in [2.05, 4.69) is 52.3 Å². The van der Waals surface area contributed by atoms with Gasteiger partial charge in [-0.25, -0.2) is 10.2 Å². The van der Waals surface area contributed by atoms with Crippen molar-refractivity contribution in [2.75, 3.05) is 12.4 Å². The summed E-state index contributed by atoms with van der Waals surface area (Å²) in [5.41, 5.74) is 9.74. The molecule has 39 heavy (non-hydrogen) atoms. The third kappa shape index (κ3) is 5.93. The van der Waals surface area contributed by atoms with Crippen LogP contribution in [0.15, 0.2) is 90.0 Å². The van der Waals surface area contributed by atoms with Crippen LogP contribution in [0.3, 0.4) is 0 Å². The molecule has 0 saturated carbocycles. The maximum absolute atomic E-state index is 12.6. The van der Waals surface area contributed by atoms with E-state index in [0.29, 0.717) is 11.5 Å². The first-order valence-electron chi connectivity index (χ1n) is 13.2. The number of methoxy groups -OCH3 is 1. The number of nitrogens with one attached hydrogen (secondary N) is 2. The Bertz CT molecular complexity index is 1400. The molecular formula is C32H33N3O3S. The van der Waals surface area contributed by atoms with E-state index in [9.17, 15) is 9.59 Å². The second-order valence-corrected chi connectivity index (χ2v) is 11.3. The molecule has 3 aromatic rings. The third-order valence-electron chi connectivity index (χ3n) is 7.52. The molecule has 1 heterocycles. The summed E-state index contributed by atoms with van der Waals surface area (Å²) >= 11 is 1.60. The number of thioether (sulfide) groups is 1. The molecule has 1 amide bonds. The number of hydrazone groups is 1. The van der Waals surface area contributed by atoms with Gasteiger partial charge in [0.25, 0.3) is 5.91 Å². The van der Waals surface area contributed by atoms with Gasteiger partial charge < -0.3 is 10.1 Å². The predicted molar refractivity (Wildman–Crippen MR) is 158 cm³/mol. The minimum absolute atomic E-state index is 0.102. The van der Waals surface area contributed by atoms with E-state index < -0.39 is 0 Å². The van der Waals surface area contributed by atoms with Crippen molar-refractivity contribution in [1.82, 2.24) is 5.43 Å². The van der Waals surface area contributed by atoms with Crippen molar-refractivity contribution >= 4 is 35.0 Å². The molecule has 0 unspecified atom stereocenters. The minimum atomic E-state index is -0.329. The summed E-state index contributed by atoms with van der Waals surface area (Å²) in [4.78, 5) is 24.5. The van der Waals surface area contributed by atoms with E-state index in [-0.39, 0.29) is 29.1 Å². The van der Waals surface area contributed by atoms with Crippen molar-refractivity contribution in [1.29, 1.82) is 0 Å². The van der Waals surface area contributed by atoms with Gasteiger partial charge in [-0.15, -0.1) is 11.8 Å². The van der Waals surface area contributed by atoms with Gasteiger partial charge in [0.1, 0.15) is 0 Å². The molecule has 0 bridgehead atoms. The van der Waals surface area contributed by atoms with E-state index in [0.717, 1.165) is 34.7 Å². The van der Waals surface area contributed by atoms with E-state index >= 15 is 0 Å². The number of amides is 1. The Kier molecular flexibility index (Phi) is 8.17. The van der Waals surface area contributed by atoms with Crippen molar-refractivity contribution < 1.29 is 14.3 Å². The van der Waals surface area contributed by atoms with Gasteiger partial charge in [-0.05, 0) is 72.7 Å². The highest BCUT2D eigenvalue weighted by Crippen LogP contribution is 2.50. The topological polar surface area (TPSA) is 79.8 Å². The second kappa shape index (κ2) is 11.9. The van der Waals surface area contributed by atoms with E-state index in [1.807, 2.05) is 62.4 Å². The monoisotopic (exact) mass is 539 g/mol. The second-order valence-electron chi connectivity index (χ2n) is 10.0. The maximum Gasteiger partial charge on any atom is 0.337 e. The number of rotatable bonds is 8. The Morgan fingerprint density at radius 1 is 1.08 bits per heavy atom. The predicted octanol–water partition coefficient (Wildman–Crippen LogP) is 6.46. The Morgan fingerprint density at radius 2 is 1.82 bits per heavy atom. The van der Waals surface area contributed by atoms with Gasteiger partial charge in [0, 0.05) is 17.4 Å². The summed E-state index contributed by atoms with van der Waals surface area (Å²) in [6, 6.07) is 24.3. The van der Waals surface area contributed by atoms with Crippen LogP contribution in [0, 0.1) is 5.92 Å². The van der Waals surface area contributed by atoms with E-state index in [1.165, 1.54) is 18.2 Å². The number of ether oxygens (including phenoxy) is 1. The molecule has 1 aliphatic heterocycles. The zero-order valence-electron chi connectivity index (χ0n) is 22.4. The Labute approximate surface area is 233 Å². The lowest BCUT2D eigenvalue weighted by molar-refractivity contribution is -0.120. The number of hydrogen-bond donors (Lipinski definition) is 2. The molecule has 7 heteroatoms. The molecule has 3 aromatic carbocycles. The lowest BCUT2D eigenvalue weighted by atomic mass is 9.76. The summed E-state index contributed by atoms with van der Waals surface area (Å²) in [6.07, 6.45) is 5.53. The molecular weight excluding hydrogens is 506 g/mol. The Hall–Kier alpha value is -3.84. The Balaban J connectivity index is 1.27. The fraction of sp³-hybridized carbons (Fsp3) is 0.281. The van der Waals surface area contributed by atoms with Gasteiger partial charge in [-0.1, -0.05) is 60.7 Å². The highest BCUT2D eigenvalue weighted by atomic mass is 32.2. The summed E-state index contributed by atoms with van der Waals surface area (Å²) in [5.74, 6) is 1.00. The number of fused-ring (bicyclic) bond motifs is 3. The Morgan fingerprint density at radius 3 is 2.56 bits per heavy atom. The number of carbonyl (C=O) groups is 2. The molecule has 4 atom stereocenters. The average Bonchev–Trinajstić information content (AvgIpc) is 3.48. The van der Waals surface area contributed by atoms with Crippen LogP contribution in [0.1, 0.15) is 64.8 Å². The highest BCUT2D eigenvalue weighted by molar-refractivity contribution is 7.99. The van der Waals surface area contributed by atoms with Gasteiger partial charge in [-0.2, -0.15) is 5.10 Å². The first-order valence-corrected chi connectivity index (χ1v) is 14.2. The average molecular weight is 540 g/mol. The molecule has 2 aliphatic rings. The lowest BCUT2D eigenvalue weighted by Crippen LogP contribution is -2.29. The highest BCUT2D eigenvalue weighted by Gasteiger charge is 2.38. The van der Waals surface area contributed by atoms with Crippen LogP contribution in [-0.4, -0.2) is 29.9 Å². The molecule has 1 aliphatic carbocycles. The largest absolute Gasteiger partial charge is 0.465 e. The molecule has 6 nitrogen and oxygen atoms in total. The quantitative estimate of drug-likeness (QED) is 0.149. The first-order chi connectivity index (χ1) is 18.9. The fourth-order valence-electron chi connectivity index (χ4n) is 5.26. The molecule has 2 N–H and O–H groups in total. The van der Waals surface area contributed by atoms with Gasteiger partial charge in [0.2, 0.25) is 0 Å². The molecule has 200 valence electrons. The normalized spacial score (nSPS) is 20.4. The van der Waals surface area contributed by atoms with Gasteiger partial charge in [-0.3, -0.25) is 4.79 Å². The van der Waals surface area contributed by atoms with Crippen molar-refractivity contribution in [3.63, 3.8) is 0 Å². The van der Waals surface area contributed by atoms with E-state index in [1.54, 1.807) is 11.8 Å². The number of carbonyl (C=O) groups excluding carboxylic acids is 2. The van der Waals surface area contributed by atoms with Crippen LogP contribution >= 0.6 is 11.8 Å². The maximum atomic E-state index is 12.6. The summed E-state index contributed by atoms with van der Waals surface area (Å²) < 4.78 is 4.84. The zero-order valence-corrected chi connectivity index (χ0v) is 23.2. The summed E-state index contributed by atoms with van der Waals surface area (Å²) in [5, 5.41) is 7.95. The zero-order chi connectivity index (χ0) is 27.4. The number of allylic oxidation sites excluding steroid dienone is 2. The SMILES string of the molecule is COC(=O)c1ccc([C@@H]2Nc3ccc(/C(C)=N\NC(=O)[C@@H](C)SCc4ccccc4)cc3[C@@H]3C=CC[C@@H]32)cc1. The van der Waals surface area contributed by atoms with Crippen molar-refractivity contribution in [2.45, 2.75) is 43.2 Å². The number of benzene rings is 3. The summed E-state index contributed by atoms with van der Waals surface area (Å²) in [7, 11) is 1.39. The number of hydrogen-bond acceptors (Lipinski definition) is 6. The standard InChI is InChI=1S/C32H33N3O3S/c1-20(34-35-31(36)21(2)39-19-22-8-5-4-6-9-22)25-16-17-29-28(18-25)26-10-7-11-27(26)30(33-29)23-12-14-24(15-13-23)32(37)38-3/h4-10,12-18,21,26-27,30,33H,11,19H2,1-3H3,(H,35,36)/b34-20-/t21-,26-,27+,30+/m1/s1. The molecule has 0 spiro atoms. The molecule has 0 saturated heterocycles. The smallest absolute Gasteiger partial charge is 0.337 e. The molecule has 5 rings (SSSR count). The molecule has 0 radical (unpaired) electrons. The fourth-order valence-corrected chi connectivity index (χ4v) is 6.10. The lowest BCUT2D eigenvalue weighted by Gasteiger charge is -2.37. The number of nitrogens with zero attached hydrogens (tertiary/aromatic N) is 1.